The summed E-state index contributed by atoms with van der Waals surface area (Å²) in [6.07, 6.45) is 1.84. The van der Waals surface area contributed by atoms with Crippen molar-refractivity contribution in [2.24, 2.45) is 4.99 Å². The third-order valence-electron chi connectivity index (χ3n) is 1.63. The Morgan fingerprint density at radius 1 is 1.40 bits per heavy atom. The van der Waals surface area contributed by atoms with Gasteiger partial charge in [-0.15, -0.1) is 0 Å². The van der Waals surface area contributed by atoms with E-state index in [0.29, 0.717) is 0 Å². The zero-order valence-corrected chi connectivity index (χ0v) is 5.83. The van der Waals surface area contributed by atoms with Crippen molar-refractivity contribution in [2.45, 2.75) is 13.5 Å². The monoisotopic (exact) mass is 132 g/mol. The number of nitrogens with zero attached hydrogens (tertiary/aromatic N) is 2. The molecule has 0 amide bonds. The Hall–Kier alpha value is -1.18. The lowest BCUT2D eigenvalue weighted by molar-refractivity contribution is 1.08. The van der Waals surface area contributed by atoms with Gasteiger partial charge in [-0.1, -0.05) is 6.07 Å². The third kappa shape index (κ3) is 0.727. The van der Waals surface area contributed by atoms with E-state index in [1.54, 1.807) is 0 Å². The number of hydrogen-bond acceptors (Lipinski definition) is 2. The summed E-state index contributed by atoms with van der Waals surface area (Å²) in [6, 6.07) is 4.11. The van der Waals surface area contributed by atoms with Crippen molar-refractivity contribution in [3.05, 3.63) is 29.1 Å². The van der Waals surface area contributed by atoms with Gasteiger partial charge >= 0.3 is 0 Å². The summed E-state index contributed by atoms with van der Waals surface area (Å²) in [6.45, 7) is 2.80. The van der Waals surface area contributed by atoms with Crippen LogP contribution in [0.5, 0.6) is 0 Å². The molecule has 10 heavy (non-hydrogen) atoms. The smallest absolute Gasteiger partial charge is 0.0861 e. The normalized spacial score (nSPS) is 13.7. The van der Waals surface area contributed by atoms with Gasteiger partial charge in [-0.2, -0.15) is 0 Å². The van der Waals surface area contributed by atoms with Crippen LogP contribution in [0.2, 0.25) is 0 Å². The van der Waals surface area contributed by atoms with E-state index >= 15 is 0 Å². The van der Waals surface area contributed by atoms with Crippen molar-refractivity contribution >= 4 is 6.21 Å². The lowest BCUT2D eigenvalue weighted by atomic mass is 10.2. The molecule has 0 unspecified atom stereocenters. The van der Waals surface area contributed by atoms with E-state index in [1.165, 1.54) is 5.56 Å². The van der Waals surface area contributed by atoms with Crippen LogP contribution in [0, 0.1) is 6.92 Å². The quantitative estimate of drug-likeness (QED) is 0.522. The van der Waals surface area contributed by atoms with E-state index in [4.69, 9.17) is 0 Å². The minimum Gasteiger partial charge on any atom is -0.286 e. The summed E-state index contributed by atoms with van der Waals surface area (Å²) in [5, 5.41) is 0. The summed E-state index contributed by atoms with van der Waals surface area (Å²) in [5.41, 5.74) is 3.35. The highest BCUT2D eigenvalue weighted by molar-refractivity contribution is 5.81. The molecule has 0 spiro atoms. The van der Waals surface area contributed by atoms with Gasteiger partial charge in [0.1, 0.15) is 0 Å². The molecule has 0 atom stereocenters. The van der Waals surface area contributed by atoms with Gasteiger partial charge in [0.15, 0.2) is 0 Å². The SMILES string of the molecule is Cc1ccc2c(n1)C=NC2. The molecule has 0 saturated heterocycles. The molecule has 2 heteroatoms. The molecule has 2 rings (SSSR count). The van der Waals surface area contributed by atoms with E-state index in [0.717, 1.165) is 17.9 Å². The molecule has 1 aromatic rings. The van der Waals surface area contributed by atoms with E-state index in [2.05, 4.69) is 16.0 Å². The standard InChI is InChI=1S/C8H8N2/c1-6-2-3-7-4-9-5-8(7)10-6/h2-3,5H,4H2,1H3. The molecule has 0 bridgehead atoms. The first kappa shape index (κ1) is 5.59. The number of fused-ring (bicyclic) bond motifs is 1. The first-order valence-electron chi connectivity index (χ1n) is 3.32. The fourth-order valence-corrected chi connectivity index (χ4v) is 1.08. The maximum absolute atomic E-state index is 4.30. The second-order valence-corrected chi connectivity index (χ2v) is 2.47. The van der Waals surface area contributed by atoms with Crippen molar-refractivity contribution in [3.8, 4) is 0 Å². The number of hydrogen-bond donors (Lipinski definition) is 0. The highest BCUT2D eigenvalue weighted by atomic mass is 14.8. The van der Waals surface area contributed by atoms with Crippen LogP contribution in [0.25, 0.3) is 0 Å². The highest BCUT2D eigenvalue weighted by Crippen LogP contribution is 2.11. The van der Waals surface area contributed by atoms with Gasteiger partial charge in [-0.05, 0) is 13.0 Å². The molecule has 0 aliphatic carbocycles. The van der Waals surface area contributed by atoms with Gasteiger partial charge in [0, 0.05) is 17.5 Å². The molecule has 0 aromatic carbocycles. The number of aromatic nitrogens is 1. The molecule has 2 nitrogen and oxygen atoms in total. The van der Waals surface area contributed by atoms with Crippen molar-refractivity contribution in [3.63, 3.8) is 0 Å². The van der Waals surface area contributed by atoms with Gasteiger partial charge < -0.3 is 0 Å². The number of rotatable bonds is 0. The summed E-state index contributed by atoms with van der Waals surface area (Å²) < 4.78 is 0. The van der Waals surface area contributed by atoms with Gasteiger partial charge in [-0.3, -0.25) is 9.98 Å². The molecule has 0 saturated carbocycles. The van der Waals surface area contributed by atoms with Crippen molar-refractivity contribution < 1.29 is 0 Å². The Bertz CT molecular complexity index is 289. The molecule has 1 aromatic heterocycles. The first-order valence-corrected chi connectivity index (χ1v) is 3.32. The summed E-state index contributed by atoms with van der Waals surface area (Å²) in [5.74, 6) is 0. The number of aryl methyl sites for hydroxylation is 1. The minimum absolute atomic E-state index is 0.808. The van der Waals surface area contributed by atoms with Crippen molar-refractivity contribution in [2.75, 3.05) is 0 Å². The van der Waals surface area contributed by atoms with Gasteiger partial charge in [0.05, 0.1) is 12.2 Å². The average molecular weight is 132 g/mol. The minimum atomic E-state index is 0.808. The second kappa shape index (κ2) is 1.90. The molecule has 0 N–H and O–H groups in total. The summed E-state index contributed by atoms with van der Waals surface area (Å²) in [7, 11) is 0. The van der Waals surface area contributed by atoms with Gasteiger partial charge in [0.2, 0.25) is 0 Å². The van der Waals surface area contributed by atoms with Crippen LogP contribution in [0.1, 0.15) is 17.0 Å². The lowest BCUT2D eigenvalue weighted by Crippen LogP contribution is -1.90. The average Bonchev–Trinajstić information content (AvgIpc) is 2.33. The number of pyridine rings is 1. The molecule has 1 aliphatic heterocycles. The van der Waals surface area contributed by atoms with Crippen LogP contribution in [0.3, 0.4) is 0 Å². The Balaban J connectivity index is 2.60. The fourth-order valence-electron chi connectivity index (χ4n) is 1.08. The van der Waals surface area contributed by atoms with Crippen molar-refractivity contribution in [1.29, 1.82) is 0 Å². The molecule has 2 heterocycles. The van der Waals surface area contributed by atoms with Crippen LogP contribution in [0.4, 0.5) is 0 Å². The highest BCUT2D eigenvalue weighted by Gasteiger charge is 2.05. The van der Waals surface area contributed by atoms with E-state index in [-0.39, 0.29) is 0 Å². The second-order valence-electron chi connectivity index (χ2n) is 2.47. The Labute approximate surface area is 59.6 Å². The van der Waals surface area contributed by atoms with E-state index in [1.807, 2.05) is 19.2 Å². The van der Waals surface area contributed by atoms with Crippen LogP contribution in [-0.2, 0) is 6.54 Å². The predicted molar refractivity (Wildman–Crippen MR) is 40.3 cm³/mol. The summed E-state index contributed by atoms with van der Waals surface area (Å²) >= 11 is 0. The van der Waals surface area contributed by atoms with Gasteiger partial charge in [-0.25, -0.2) is 0 Å². The van der Waals surface area contributed by atoms with E-state index in [9.17, 15) is 0 Å². The topological polar surface area (TPSA) is 25.2 Å². The Kier molecular flexibility index (Phi) is 1.07. The maximum Gasteiger partial charge on any atom is 0.0861 e. The molecular weight excluding hydrogens is 124 g/mol. The first-order chi connectivity index (χ1) is 4.86. The summed E-state index contributed by atoms with van der Waals surface area (Å²) in [4.78, 5) is 8.41. The zero-order chi connectivity index (χ0) is 6.97. The Morgan fingerprint density at radius 3 is 3.20 bits per heavy atom. The number of aliphatic imine (C=N–C) groups is 1. The van der Waals surface area contributed by atoms with Gasteiger partial charge in [0.25, 0.3) is 0 Å². The maximum atomic E-state index is 4.30. The molecular formula is C8H8N2. The van der Waals surface area contributed by atoms with Crippen LogP contribution in [0.15, 0.2) is 17.1 Å². The molecule has 1 aliphatic rings. The largest absolute Gasteiger partial charge is 0.286 e. The lowest BCUT2D eigenvalue weighted by Gasteiger charge is -1.95. The molecule has 0 radical (unpaired) electrons. The van der Waals surface area contributed by atoms with Crippen LogP contribution < -0.4 is 0 Å². The third-order valence-corrected chi connectivity index (χ3v) is 1.63. The van der Waals surface area contributed by atoms with Crippen LogP contribution in [-0.4, -0.2) is 11.2 Å². The van der Waals surface area contributed by atoms with E-state index < -0.39 is 0 Å². The Morgan fingerprint density at radius 2 is 2.30 bits per heavy atom. The molecule has 50 valence electrons. The van der Waals surface area contributed by atoms with Crippen LogP contribution >= 0.6 is 0 Å². The van der Waals surface area contributed by atoms with Crippen molar-refractivity contribution in [1.82, 2.24) is 4.98 Å². The molecule has 0 fully saturated rings. The zero-order valence-electron chi connectivity index (χ0n) is 5.83. The fraction of sp³-hybridized carbons (Fsp3) is 0.250. The predicted octanol–water partition coefficient (Wildman–Crippen LogP) is 1.32.